The van der Waals surface area contributed by atoms with E-state index in [2.05, 4.69) is 25.2 Å². The molecule has 2 unspecified atom stereocenters. The fourth-order valence-electron chi connectivity index (χ4n) is 2.11. The molecule has 0 amide bonds. The quantitative estimate of drug-likeness (QED) is 0.669. The summed E-state index contributed by atoms with van der Waals surface area (Å²) in [5, 5.41) is 13.1. The van der Waals surface area contributed by atoms with Crippen LogP contribution in [0.3, 0.4) is 0 Å². The zero-order valence-corrected chi connectivity index (χ0v) is 10.1. The minimum Gasteiger partial charge on any atom is -0.399 e. The summed E-state index contributed by atoms with van der Waals surface area (Å²) in [6, 6.07) is 6.30. The van der Waals surface area contributed by atoms with E-state index in [-0.39, 0.29) is 11.5 Å². The number of benzene rings is 1. The zero-order chi connectivity index (χ0) is 11.9. The minimum atomic E-state index is -0.195. The monoisotopic (exact) mass is 220 g/mol. The Morgan fingerprint density at radius 2 is 2.12 bits per heavy atom. The van der Waals surface area contributed by atoms with Crippen LogP contribution in [-0.2, 0) is 0 Å². The van der Waals surface area contributed by atoms with Gasteiger partial charge in [-0.1, -0.05) is 13.8 Å². The lowest BCUT2D eigenvalue weighted by Gasteiger charge is -2.49. The van der Waals surface area contributed by atoms with Crippen LogP contribution in [-0.4, -0.2) is 17.3 Å². The highest BCUT2D eigenvalue weighted by atomic mass is 16.3. The fraction of sp³-hybridized carbons (Fsp3) is 0.538. The first kappa shape index (κ1) is 11.3. The Morgan fingerprint density at radius 1 is 1.44 bits per heavy atom. The highest BCUT2D eigenvalue weighted by Gasteiger charge is 2.47. The van der Waals surface area contributed by atoms with Crippen molar-refractivity contribution in [3.05, 3.63) is 23.8 Å². The summed E-state index contributed by atoms with van der Waals surface area (Å²) in [6.07, 6.45) is 0.621. The third-order valence-corrected chi connectivity index (χ3v) is 3.83. The molecule has 1 aromatic carbocycles. The molecule has 3 nitrogen and oxygen atoms in total. The number of hydrogen-bond acceptors (Lipinski definition) is 3. The SMILES string of the molecule is Cc1cc(NC2CC(O)C2(C)C)ccc1N. The van der Waals surface area contributed by atoms with Crippen molar-refractivity contribution in [1.82, 2.24) is 0 Å². The van der Waals surface area contributed by atoms with Crippen LogP contribution in [0, 0.1) is 12.3 Å². The molecule has 4 N–H and O–H groups in total. The molecule has 0 aliphatic heterocycles. The Bertz CT molecular complexity index is 401. The number of aryl methyl sites for hydroxylation is 1. The highest BCUT2D eigenvalue weighted by Crippen LogP contribution is 2.42. The Hall–Kier alpha value is -1.22. The Morgan fingerprint density at radius 3 is 2.62 bits per heavy atom. The average Bonchev–Trinajstić information content (AvgIpc) is 2.23. The largest absolute Gasteiger partial charge is 0.399 e. The highest BCUT2D eigenvalue weighted by molar-refractivity contribution is 5.57. The Labute approximate surface area is 96.7 Å². The van der Waals surface area contributed by atoms with E-state index >= 15 is 0 Å². The van der Waals surface area contributed by atoms with Gasteiger partial charge in [-0.15, -0.1) is 0 Å². The Kier molecular flexibility index (Phi) is 2.58. The van der Waals surface area contributed by atoms with Gasteiger partial charge in [0.05, 0.1) is 6.10 Å². The molecule has 88 valence electrons. The second-order valence-electron chi connectivity index (χ2n) is 5.34. The maximum Gasteiger partial charge on any atom is 0.0630 e. The molecule has 1 aromatic rings. The second-order valence-corrected chi connectivity index (χ2v) is 5.34. The van der Waals surface area contributed by atoms with Crippen LogP contribution in [0.15, 0.2) is 18.2 Å². The number of hydrogen-bond donors (Lipinski definition) is 3. The van der Waals surface area contributed by atoms with E-state index in [9.17, 15) is 5.11 Å². The standard InChI is InChI=1S/C13H20N2O/c1-8-6-9(4-5-10(8)14)15-11-7-12(16)13(11,2)3/h4-6,11-12,15-16H,7,14H2,1-3H3. The molecule has 0 saturated heterocycles. The van der Waals surface area contributed by atoms with E-state index in [1.807, 2.05) is 19.1 Å². The molecule has 2 atom stereocenters. The number of nitrogen functional groups attached to an aromatic ring is 1. The smallest absolute Gasteiger partial charge is 0.0630 e. The van der Waals surface area contributed by atoms with Gasteiger partial charge in [-0.3, -0.25) is 0 Å². The summed E-state index contributed by atoms with van der Waals surface area (Å²) >= 11 is 0. The number of anilines is 2. The molecule has 1 fully saturated rings. The molecular formula is C13H20N2O. The normalized spacial score (nSPS) is 27.2. The Balaban J connectivity index is 2.08. The second kappa shape index (κ2) is 3.67. The fourth-order valence-corrected chi connectivity index (χ4v) is 2.11. The van der Waals surface area contributed by atoms with Crippen LogP contribution in [0.2, 0.25) is 0 Å². The third kappa shape index (κ3) is 1.76. The number of aliphatic hydroxyl groups is 1. The van der Waals surface area contributed by atoms with Gasteiger partial charge in [-0.25, -0.2) is 0 Å². The van der Waals surface area contributed by atoms with Crippen molar-refractivity contribution >= 4 is 11.4 Å². The minimum absolute atomic E-state index is 0.0463. The van der Waals surface area contributed by atoms with E-state index in [0.717, 1.165) is 23.4 Å². The van der Waals surface area contributed by atoms with Gasteiger partial charge < -0.3 is 16.2 Å². The van der Waals surface area contributed by atoms with E-state index in [1.165, 1.54) is 0 Å². The van der Waals surface area contributed by atoms with Gasteiger partial charge in [-0.05, 0) is 37.1 Å². The summed E-state index contributed by atoms with van der Waals surface area (Å²) in [7, 11) is 0. The number of rotatable bonds is 2. The van der Waals surface area contributed by atoms with Crippen molar-refractivity contribution in [2.75, 3.05) is 11.1 Å². The van der Waals surface area contributed by atoms with Gasteiger partial charge in [0.2, 0.25) is 0 Å². The lowest BCUT2D eigenvalue weighted by Crippen LogP contribution is -2.56. The van der Waals surface area contributed by atoms with Gasteiger partial charge in [0.15, 0.2) is 0 Å². The predicted molar refractivity (Wildman–Crippen MR) is 67.4 cm³/mol. The van der Waals surface area contributed by atoms with E-state index < -0.39 is 0 Å². The first-order chi connectivity index (χ1) is 7.41. The van der Waals surface area contributed by atoms with Crippen LogP contribution >= 0.6 is 0 Å². The topological polar surface area (TPSA) is 58.3 Å². The van der Waals surface area contributed by atoms with Crippen molar-refractivity contribution < 1.29 is 5.11 Å². The van der Waals surface area contributed by atoms with Crippen molar-refractivity contribution in [3.63, 3.8) is 0 Å². The zero-order valence-electron chi connectivity index (χ0n) is 10.1. The molecule has 0 spiro atoms. The molecule has 0 heterocycles. The molecule has 1 aliphatic rings. The van der Waals surface area contributed by atoms with E-state index in [1.54, 1.807) is 0 Å². The maximum absolute atomic E-state index is 9.66. The van der Waals surface area contributed by atoms with Crippen LogP contribution in [0.25, 0.3) is 0 Å². The molecule has 0 radical (unpaired) electrons. The number of nitrogens with one attached hydrogen (secondary N) is 1. The van der Waals surface area contributed by atoms with Gasteiger partial charge >= 0.3 is 0 Å². The number of aliphatic hydroxyl groups excluding tert-OH is 1. The molecule has 1 aliphatic carbocycles. The van der Waals surface area contributed by atoms with Crippen molar-refractivity contribution in [2.24, 2.45) is 5.41 Å². The summed E-state index contributed by atoms with van der Waals surface area (Å²) < 4.78 is 0. The molecule has 1 saturated carbocycles. The first-order valence-corrected chi connectivity index (χ1v) is 5.72. The average molecular weight is 220 g/mol. The number of nitrogens with two attached hydrogens (primary N) is 1. The maximum atomic E-state index is 9.66. The first-order valence-electron chi connectivity index (χ1n) is 5.72. The van der Waals surface area contributed by atoms with E-state index in [4.69, 9.17) is 5.73 Å². The summed E-state index contributed by atoms with van der Waals surface area (Å²) in [6.45, 7) is 6.17. The van der Waals surface area contributed by atoms with Crippen molar-refractivity contribution in [2.45, 2.75) is 39.3 Å². The molecule has 0 bridgehead atoms. The van der Waals surface area contributed by atoms with Gasteiger partial charge in [0.1, 0.15) is 0 Å². The van der Waals surface area contributed by atoms with Crippen LogP contribution in [0.4, 0.5) is 11.4 Å². The molecule has 0 aromatic heterocycles. The molecular weight excluding hydrogens is 200 g/mol. The summed E-state index contributed by atoms with van der Waals surface area (Å²) in [4.78, 5) is 0. The van der Waals surface area contributed by atoms with Gasteiger partial charge in [0, 0.05) is 22.8 Å². The molecule has 16 heavy (non-hydrogen) atoms. The van der Waals surface area contributed by atoms with E-state index in [0.29, 0.717) is 6.04 Å². The van der Waals surface area contributed by atoms with Crippen LogP contribution < -0.4 is 11.1 Å². The van der Waals surface area contributed by atoms with Crippen molar-refractivity contribution in [1.29, 1.82) is 0 Å². The summed E-state index contributed by atoms with van der Waals surface area (Å²) in [5.41, 5.74) is 8.71. The summed E-state index contributed by atoms with van der Waals surface area (Å²) in [5.74, 6) is 0. The van der Waals surface area contributed by atoms with Crippen LogP contribution in [0.1, 0.15) is 25.8 Å². The van der Waals surface area contributed by atoms with Crippen molar-refractivity contribution in [3.8, 4) is 0 Å². The molecule has 3 heteroatoms. The lowest BCUT2D eigenvalue weighted by molar-refractivity contribution is -0.0510. The predicted octanol–water partition coefficient (Wildman–Crippen LogP) is 2.15. The third-order valence-electron chi connectivity index (χ3n) is 3.83. The lowest BCUT2D eigenvalue weighted by atomic mass is 9.64. The molecule has 2 rings (SSSR count). The van der Waals surface area contributed by atoms with Crippen LogP contribution in [0.5, 0.6) is 0 Å². The van der Waals surface area contributed by atoms with Gasteiger partial charge in [-0.2, -0.15) is 0 Å². The van der Waals surface area contributed by atoms with Gasteiger partial charge in [0.25, 0.3) is 0 Å².